The van der Waals surface area contributed by atoms with E-state index in [4.69, 9.17) is 9.72 Å². The maximum absolute atomic E-state index is 12.8. The summed E-state index contributed by atoms with van der Waals surface area (Å²) in [5.74, 6) is 1.42. The number of para-hydroxylation sites is 2. The Morgan fingerprint density at radius 1 is 1.13 bits per heavy atom. The van der Waals surface area contributed by atoms with Gasteiger partial charge in [-0.05, 0) is 38.1 Å². The van der Waals surface area contributed by atoms with E-state index in [-0.39, 0.29) is 30.2 Å². The van der Waals surface area contributed by atoms with Crippen LogP contribution in [0.25, 0.3) is 10.9 Å². The van der Waals surface area contributed by atoms with Crippen molar-refractivity contribution in [3.8, 4) is 5.75 Å². The second-order valence-corrected chi connectivity index (χ2v) is 8.06. The first-order chi connectivity index (χ1) is 15.0. The molecule has 1 aliphatic rings. The highest BCUT2D eigenvalue weighted by atomic mass is 16.5. The van der Waals surface area contributed by atoms with E-state index < -0.39 is 0 Å². The third-order valence-electron chi connectivity index (χ3n) is 6.02. The molecule has 3 aromatic rings. The molecule has 4 rings (SSSR count). The average molecular weight is 421 g/mol. The molecular formula is C24H28N4O3. The van der Waals surface area contributed by atoms with E-state index >= 15 is 0 Å². The van der Waals surface area contributed by atoms with E-state index in [0.29, 0.717) is 36.3 Å². The summed E-state index contributed by atoms with van der Waals surface area (Å²) in [6, 6.07) is 16.8. The number of amides is 1. The van der Waals surface area contributed by atoms with Gasteiger partial charge in [0, 0.05) is 32.7 Å². The van der Waals surface area contributed by atoms with Gasteiger partial charge in [-0.1, -0.05) is 30.3 Å². The van der Waals surface area contributed by atoms with Crippen LogP contribution in [0.5, 0.6) is 5.75 Å². The topological polar surface area (TPSA) is 67.7 Å². The van der Waals surface area contributed by atoms with Gasteiger partial charge < -0.3 is 9.64 Å². The van der Waals surface area contributed by atoms with E-state index in [1.165, 1.54) is 0 Å². The van der Waals surface area contributed by atoms with Crippen LogP contribution < -0.4 is 10.3 Å². The molecule has 0 aliphatic carbocycles. The fourth-order valence-corrected chi connectivity index (χ4v) is 4.22. The molecule has 0 radical (unpaired) electrons. The number of aromatic nitrogens is 2. The molecule has 0 spiro atoms. The fourth-order valence-electron chi connectivity index (χ4n) is 4.22. The van der Waals surface area contributed by atoms with Crippen LogP contribution in [-0.4, -0.2) is 57.5 Å². The van der Waals surface area contributed by atoms with E-state index in [9.17, 15) is 9.59 Å². The van der Waals surface area contributed by atoms with Gasteiger partial charge in [0.05, 0.1) is 16.9 Å². The number of rotatable bonds is 5. The summed E-state index contributed by atoms with van der Waals surface area (Å²) in [5, 5.41) is 0.628. The van der Waals surface area contributed by atoms with Gasteiger partial charge in [0.25, 0.3) is 11.5 Å². The number of carbonyl (C=O) groups excluding carboxylic acids is 1. The maximum atomic E-state index is 12.8. The summed E-state index contributed by atoms with van der Waals surface area (Å²) in [4.78, 5) is 34.4. The normalized spacial score (nSPS) is 18.2. The SMILES string of the molecule is CC(c1nc2ccccc2c(=O)n1C)N1CCN(C(=O)COc2ccccc2)C(C)C1. The van der Waals surface area contributed by atoms with Crippen molar-refractivity contribution in [2.24, 2.45) is 7.05 Å². The number of ether oxygens (including phenoxy) is 1. The number of hydrogen-bond acceptors (Lipinski definition) is 5. The van der Waals surface area contributed by atoms with Crippen molar-refractivity contribution in [1.29, 1.82) is 0 Å². The lowest BCUT2D eigenvalue weighted by atomic mass is 10.1. The lowest BCUT2D eigenvalue weighted by molar-refractivity contribution is -0.138. The molecule has 2 aromatic carbocycles. The maximum Gasteiger partial charge on any atom is 0.261 e. The predicted molar refractivity (Wildman–Crippen MR) is 120 cm³/mol. The lowest BCUT2D eigenvalue weighted by Gasteiger charge is -2.42. The summed E-state index contributed by atoms with van der Waals surface area (Å²) in [5.41, 5.74) is 0.680. The molecule has 1 aromatic heterocycles. The summed E-state index contributed by atoms with van der Waals surface area (Å²) in [7, 11) is 1.78. The monoisotopic (exact) mass is 420 g/mol. The zero-order valence-electron chi connectivity index (χ0n) is 18.2. The van der Waals surface area contributed by atoms with Crippen LogP contribution in [0, 0.1) is 0 Å². The standard InChI is InChI=1S/C24H28N4O3/c1-17-15-27(13-14-28(17)22(29)16-31-19-9-5-4-6-10-19)18(2)23-25-21-12-8-7-11-20(21)24(30)26(23)3/h4-12,17-18H,13-16H2,1-3H3. The van der Waals surface area contributed by atoms with Crippen LogP contribution in [0.4, 0.5) is 0 Å². The molecule has 0 bridgehead atoms. The molecule has 1 amide bonds. The quantitative estimate of drug-likeness (QED) is 0.635. The molecule has 1 fully saturated rings. The van der Waals surface area contributed by atoms with E-state index in [1.54, 1.807) is 11.6 Å². The average Bonchev–Trinajstić information content (AvgIpc) is 2.80. The van der Waals surface area contributed by atoms with Gasteiger partial charge in [-0.25, -0.2) is 4.98 Å². The van der Waals surface area contributed by atoms with Crippen molar-refractivity contribution in [1.82, 2.24) is 19.4 Å². The highest BCUT2D eigenvalue weighted by Gasteiger charge is 2.31. The number of carbonyl (C=O) groups is 1. The number of benzene rings is 2. The summed E-state index contributed by atoms with van der Waals surface area (Å²) in [6.45, 7) is 6.19. The first kappa shape index (κ1) is 21.1. The largest absolute Gasteiger partial charge is 0.484 e. The second kappa shape index (κ2) is 8.89. The molecule has 7 heteroatoms. The predicted octanol–water partition coefficient (Wildman–Crippen LogP) is 2.61. The van der Waals surface area contributed by atoms with E-state index in [1.807, 2.05) is 66.4 Å². The minimum atomic E-state index is -0.0393. The second-order valence-electron chi connectivity index (χ2n) is 8.06. The number of piperazine rings is 1. The summed E-state index contributed by atoms with van der Waals surface area (Å²) in [6.07, 6.45) is 0. The summed E-state index contributed by atoms with van der Waals surface area (Å²) >= 11 is 0. The number of nitrogens with zero attached hydrogens (tertiary/aromatic N) is 4. The molecule has 0 N–H and O–H groups in total. The first-order valence-electron chi connectivity index (χ1n) is 10.6. The third-order valence-corrected chi connectivity index (χ3v) is 6.02. The zero-order valence-corrected chi connectivity index (χ0v) is 18.2. The smallest absolute Gasteiger partial charge is 0.261 e. The minimum Gasteiger partial charge on any atom is -0.484 e. The molecular weight excluding hydrogens is 392 g/mol. The van der Waals surface area contributed by atoms with E-state index in [0.717, 1.165) is 5.82 Å². The number of fused-ring (bicyclic) bond motifs is 1. The molecule has 31 heavy (non-hydrogen) atoms. The molecule has 1 saturated heterocycles. The molecule has 2 atom stereocenters. The zero-order chi connectivity index (χ0) is 22.0. The van der Waals surface area contributed by atoms with Crippen LogP contribution in [0.3, 0.4) is 0 Å². The Morgan fingerprint density at radius 2 is 1.84 bits per heavy atom. The number of hydrogen-bond donors (Lipinski definition) is 0. The highest BCUT2D eigenvalue weighted by molar-refractivity contribution is 5.78. The molecule has 7 nitrogen and oxygen atoms in total. The van der Waals surface area contributed by atoms with E-state index in [2.05, 4.69) is 11.8 Å². The van der Waals surface area contributed by atoms with Crippen molar-refractivity contribution in [2.75, 3.05) is 26.2 Å². The van der Waals surface area contributed by atoms with Gasteiger partial charge in [0.1, 0.15) is 11.6 Å². The van der Waals surface area contributed by atoms with Gasteiger partial charge in [-0.15, -0.1) is 0 Å². The van der Waals surface area contributed by atoms with Gasteiger partial charge in [-0.3, -0.25) is 19.1 Å². The summed E-state index contributed by atoms with van der Waals surface area (Å²) < 4.78 is 7.27. The van der Waals surface area contributed by atoms with Crippen molar-refractivity contribution in [3.05, 3.63) is 70.8 Å². The van der Waals surface area contributed by atoms with Crippen molar-refractivity contribution < 1.29 is 9.53 Å². The minimum absolute atomic E-state index is 0.0140. The molecule has 162 valence electrons. The highest BCUT2D eigenvalue weighted by Crippen LogP contribution is 2.23. The third kappa shape index (κ3) is 4.32. The Kier molecular flexibility index (Phi) is 6.04. The fraction of sp³-hybridized carbons (Fsp3) is 0.375. The van der Waals surface area contributed by atoms with Gasteiger partial charge in [0.15, 0.2) is 6.61 Å². The molecule has 2 unspecified atom stereocenters. The van der Waals surface area contributed by atoms with Crippen molar-refractivity contribution in [2.45, 2.75) is 25.9 Å². The van der Waals surface area contributed by atoms with Crippen molar-refractivity contribution >= 4 is 16.8 Å². The molecule has 1 aliphatic heterocycles. The van der Waals surface area contributed by atoms with Gasteiger partial charge >= 0.3 is 0 Å². The molecule has 2 heterocycles. The van der Waals surface area contributed by atoms with Crippen LogP contribution in [0.15, 0.2) is 59.4 Å². The molecule has 0 saturated carbocycles. The Labute approximate surface area is 181 Å². The van der Waals surface area contributed by atoms with Crippen LogP contribution >= 0.6 is 0 Å². The Balaban J connectivity index is 1.44. The Hall–Kier alpha value is -3.19. The Bertz CT molecular complexity index is 1130. The lowest BCUT2D eigenvalue weighted by Crippen LogP contribution is -2.55. The van der Waals surface area contributed by atoms with Crippen molar-refractivity contribution in [3.63, 3.8) is 0 Å². The Morgan fingerprint density at radius 3 is 2.58 bits per heavy atom. The van der Waals surface area contributed by atoms with Gasteiger partial charge in [-0.2, -0.15) is 0 Å². The van der Waals surface area contributed by atoms with Crippen LogP contribution in [0.2, 0.25) is 0 Å². The van der Waals surface area contributed by atoms with Crippen LogP contribution in [-0.2, 0) is 11.8 Å². The first-order valence-corrected chi connectivity index (χ1v) is 10.6. The van der Waals surface area contributed by atoms with Gasteiger partial charge in [0.2, 0.25) is 0 Å². The van der Waals surface area contributed by atoms with Crippen LogP contribution in [0.1, 0.15) is 25.7 Å².